The van der Waals surface area contributed by atoms with Crippen LogP contribution in [0.3, 0.4) is 0 Å². The first-order valence-corrected chi connectivity index (χ1v) is 9.21. The number of rotatable bonds is 5. The van der Waals surface area contributed by atoms with Crippen molar-refractivity contribution in [1.82, 2.24) is 0 Å². The van der Waals surface area contributed by atoms with E-state index in [1.807, 2.05) is 19.9 Å². The maximum atomic E-state index is 14.8. The minimum atomic E-state index is -0.754. The lowest BCUT2D eigenvalue weighted by atomic mass is 10.0. The molecule has 142 valence electrons. The molecule has 0 aliphatic heterocycles. The van der Waals surface area contributed by atoms with Crippen molar-refractivity contribution in [1.29, 1.82) is 0 Å². The lowest BCUT2D eigenvalue weighted by molar-refractivity contribution is -0.147. The van der Waals surface area contributed by atoms with Crippen LogP contribution in [0.2, 0.25) is 0 Å². The van der Waals surface area contributed by atoms with Gasteiger partial charge in [-0.25, -0.2) is 8.78 Å². The molecule has 0 unspecified atom stereocenters. The van der Waals surface area contributed by atoms with Gasteiger partial charge in [-0.2, -0.15) is 0 Å². The van der Waals surface area contributed by atoms with E-state index in [1.165, 1.54) is 12.1 Å². The Morgan fingerprint density at radius 2 is 1.81 bits per heavy atom. The summed E-state index contributed by atoms with van der Waals surface area (Å²) in [5.41, 5.74) is 0.234. The molecule has 0 radical (unpaired) electrons. The van der Waals surface area contributed by atoms with E-state index in [4.69, 9.17) is 27.9 Å². The Hall–Kier alpha value is -1.91. The second-order valence-corrected chi connectivity index (χ2v) is 8.15. The van der Waals surface area contributed by atoms with Crippen LogP contribution in [-0.4, -0.2) is 5.97 Å². The number of hydrogen-bond donors (Lipinski definition) is 0. The Labute approximate surface area is 166 Å². The molecular weight excluding hydrogens is 393 g/mol. The molecule has 3 rings (SSSR count). The first kappa shape index (κ1) is 19.8. The summed E-state index contributed by atoms with van der Waals surface area (Å²) in [6, 6.07) is 11.3. The number of ether oxygens (including phenoxy) is 1. The third kappa shape index (κ3) is 4.02. The fourth-order valence-corrected chi connectivity index (χ4v) is 3.65. The van der Waals surface area contributed by atoms with Crippen LogP contribution in [0.25, 0.3) is 11.1 Å². The molecule has 2 nitrogen and oxygen atoms in total. The molecule has 0 bridgehead atoms. The Morgan fingerprint density at radius 3 is 2.44 bits per heavy atom. The summed E-state index contributed by atoms with van der Waals surface area (Å²) in [4.78, 5) is 12.4. The number of benzene rings is 2. The molecule has 0 saturated heterocycles. The summed E-state index contributed by atoms with van der Waals surface area (Å²) < 4.78 is 34.2. The summed E-state index contributed by atoms with van der Waals surface area (Å²) >= 11 is 11.4. The van der Waals surface area contributed by atoms with E-state index in [-0.39, 0.29) is 27.0 Å². The first-order valence-electron chi connectivity index (χ1n) is 8.45. The fraction of sp³-hybridized carbons (Fsp3) is 0.286. The van der Waals surface area contributed by atoms with Crippen molar-refractivity contribution < 1.29 is 18.3 Å². The largest absolute Gasteiger partial charge is 0.460 e. The number of esters is 1. The molecule has 0 N–H and O–H groups in total. The minimum Gasteiger partial charge on any atom is -0.460 e. The molecule has 0 amide bonds. The van der Waals surface area contributed by atoms with Gasteiger partial charge in [0.25, 0.3) is 0 Å². The average molecular weight is 411 g/mol. The zero-order valence-electron chi connectivity index (χ0n) is 14.8. The van der Waals surface area contributed by atoms with E-state index in [1.54, 1.807) is 30.3 Å². The molecular formula is C21H18Cl2F2O2. The number of carbonyl (C=O) groups is 1. The molecule has 2 aromatic carbocycles. The number of carbonyl (C=O) groups excluding carboxylic acids is 1. The summed E-state index contributed by atoms with van der Waals surface area (Å²) in [6.45, 7) is 3.29. The Balaban J connectivity index is 1.77. The predicted molar refractivity (Wildman–Crippen MR) is 102 cm³/mol. The van der Waals surface area contributed by atoms with Crippen LogP contribution >= 0.6 is 23.2 Å². The highest BCUT2D eigenvalue weighted by Crippen LogP contribution is 2.60. The van der Waals surface area contributed by atoms with Gasteiger partial charge in [0.05, 0.1) is 11.5 Å². The van der Waals surface area contributed by atoms with Gasteiger partial charge in [0, 0.05) is 5.56 Å². The van der Waals surface area contributed by atoms with Crippen molar-refractivity contribution in [2.24, 2.45) is 17.3 Å². The summed E-state index contributed by atoms with van der Waals surface area (Å²) in [5, 5.41) is 0. The highest BCUT2D eigenvalue weighted by molar-refractivity contribution is 6.55. The van der Waals surface area contributed by atoms with E-state index in [0.717, 1.165) is 0 Å². The highest BCUT2D eigenvalue weighted by Gasteiger charge is 2.61. The summed E-state index contributed by atoms with van der Waals surface area (Å²) in [6.07, 6.45) is 1.59. The van der Waals surface area contributed by atoms with E-state index >= 15 is 0 Å². The molecule has 1 aliphatic carbocycles. The highest BCUT2D eigenvalue weighted by atomic mass is 35.5. The smallest absolute Gasteiger partial charge is 0.310 e. The van der Waals surface area contributed by atoms with Crippen molar-refractivity contribution in [3.63, 3.8) is 0 Å². The van der Waals surface area contributed by atoms with E-state index in [9.17, 15) is 13.6 Å². The lowest BCUT2D eigenvalue weighted by Gasteiger charge is -2.11. The van der Waals surface area contributed by atoms with Crippen molar-refractivity contribution in [3.05, 3.63) is 70.2 Å². The van der Waals surface area contributed by atoms with Gasteiger partial charge in [-0.15, -0.1) is 0 Å². The first-order chi connectivity index (χ1) is 12.7. The van der Waals surface area contributed by atoms with Crippen LogP contribution in [0.5, 0.6) is 0 Å². The maximum absolute atomic E-state index is 14.8. The van der Waals surface area contributed by atoms with Crippen molar-refractivity contribution in [2.45, 2.75) is 20.5 Å². The number of halogens is 4. The molecule has 0 spiro atoms. The quantitative estimate of drug-likeness (QED) is 0.543. The summed E-state index contributed by atoms with van der Waals surface area (Å²) in [5.74, 6) is -2.63. The van der Waals surface area contributed by atoms with Crippen molar-refractivity contribution >= 4 is 29.2 Å². The van der Waals surface area contributed by atoms with Gasteiger partial charge in [-0.3, -0.25) is 4.79 Å². The van der Waals surface area contributed by atoms with Gasteiger partial charge in [-0.1, -0.05) is 67.4 Å². The number of hydrogen-bond acceptors (Lipinski definition) is 2. The van der Waals surface area contributed by atoms with Gasteiger partial charge in [0.1, 0.15) is 22.7 Å². The van der Waals surface area contributed by atoms with E-state index in [2.05, 4.69) is 0 Å². The molecule has 27 heavy (non-hydrogen) atoms. The van der Waals surface area contributed by atoms with Gasteiger partial charge in [-0.05, 0) is 35.1 Å². The molecule has 2 atom stereocenters. The van der Waals surface area contributed by atoms with Crippen molar-refractivity contribution in [3.8, 4) is 11.1 Å². The molecule has 1 aliphatic rings. The molecule has 2 aromatic rings. The van der Waals surface area contributed by atoms with Crippen LogP contribution in [0.4, 0.5) is 8.78 Å². The average Bonchev–Trinajstić information content (AvgIpc) is 3.14. The third-order valence-electron chi connectivity index (χ3n) is 5.10. The van der Waals surface area contributed by atoms with Crippen LogP contribution in [0, 0.1) is 28.9 Å². The van der Waals surface area contributed by atoms with Gasteiger partial charge >= 0.3 is 5.97 Å². The molecule has 1 fully saturated rings. The molecule has 0 heterocycles. The van der Waals surface area contributed by atoms with Crippen LogP contribution < -0.4 is 0 Å². The topological polar surface area (TPSA) is 26.3 Å². The zero-order chi connectivity index (χ0) is 19.8. The van der Waals surface area contributed by atoms with Crippen LogP contribution in [0.1, 0.15) is 19.4 Å². The standard InChI is InChI=1S/C21H18Cl2F2O2/c1-21(2)15(10-17(22)23)18(21)20(26)27-11-14-16(24)9-8-13(19(14)25)12-6-4-3-5-7-12/h3-10,15,18H,11H2,1-2H3/t15-,18-/m0/s1. The summed E-state index contributed by atoms with van der Waals surface area (Å²) in [7, 11) is 0. The normalized spacial score (nSPS) is 20.1. The Bertz CT molecular complexity index is 891. The van der Waals surface area contributed by atoms with Gasteiger partial charge in [0.2, 0.25) is 0 Å². The molecule has 0 aromatic heterocycles. The number of allylic oxidation sites excluding steroid dienone is 1. The van der Waals surface area contributed by atoms with Gasteiger partial charge in [0.15, 0.2) is 0 Å². The Kier molecular flexibility index (Phi) is 5.59. The van der Waals surface area contributed by atoms with Crippen molar-refractivity contribution in [2.75, 3.05) is 0 Å². The predicted octanol–water partition coefficient (Wildman–Crippen LogP) is 6.27. The lowest BCUT2D eigenvalue weighted by Crippen LogP contribution is -2.12. The fourth-order valence-electron chi connectivity index (χ4n) is 3.38. The Morgan fingerprint density at radius 1 is 1.15 bits per heavy atom. The third-order valence-corrected chi connectivity index (χ3v) is 5.35. The molecule has 6 heteroatoms. The maximum Gasteiger partial charge on any atom is 0.310 e. The molecule has 1 saturated carbocycles. The SMILES string of the molecule is CC1(C)[C@H](C(=O)OCc2c(F)ccc(-c3ccccc3)c2F)[C@@H]1C=C(Cl)Cl. The van der Waals surface area contributed by atoms with Crippen LogP contribution in [0.15, 0.2) is 53.0 Å². The second kappa shape index (κ2) is 7.61. The second-order valence-electron chi connectivity index (χ2n) is 7.14. The van der Waals surface area contributed by atoms with E-state index < -0.39 is 30.1 Å². The van der Waals surface area contributed by atoms with Crippen LogP contribution in [-0.2, 0) is 16.1 Å². The van der Waals surface area contributed by atoms with Gasteiger partial charge < -0.3 is 4.74 Å². The van der Waals surface area contributed by atoms with E-state index in [0.29, 0.717) is 5.56 Å². The minimum absolute atomic E-state index is 0.0797. The zero-order valence-corrected chi connectivity index (χ0v) is 16.3. The monoisotopic (exact) mass is 410 g/mol.